The summed E-state index contributed by atoms with van der Waals surface area (Å²) in [5.74, 6) is 1.10. The molecule has 0 saturated carbocycles. The highest BCUT2D eigenvalue weighted by Gasteiger charge is 2.17. The molecule has 4 nitrogen and oxygen atoms in total. The van der Waals surface area contributed by atoms with Crippen molar-refractivity contribution in [3.05, 3.63) is 18.2 Å². The van der Waals surface area contributed by atoms with Crippen LogP contribution in [0.4, 0.5) is 5.82 Å². The average Bonchev–Trinajstić information content (AvgIpc) is 2.62. The van der Waals surface area contributed by atoms with Crippen molar-refractivity contribution in [2.45, 2.75) is 25.3 Å². The van der Waals surface area contributed by atoms with E-state index in [1.165, 1.54) is 12.8 Å². The lowest BCUT2D eigenvalue weighted by Crippen LogP contribution is -2.33. The molecular formula is C13H22BN3O. The van der Waals surface area contributed by atoms with E-state index < -0.39 is 0 Å². The number of nitrogens with one attached hydrogen (secondary N) is 1. The smallest absolute Gasteiger partial charge is 0.164 e. The van der Waals surface area contributed by atoms with Crippen LogP contribution in [0.2, 0.25) is 0 Å². The lowest BCUT2D eigenvalue weighted by molar-refractivity contribution is 0.281. The molecule has 0 amide bonds. The zero-order chi connectivity index (χ0) is 12.8. The number of hydrogen-bond acceptors (Lipinski definition) is 4. The van der Waals surface area contributed by atoms with E-state index in [-0.39, 0.29) is 6.61 Å². The number of rotatable bonds is 4. The van der Waals surface area contributed by atoms with Gasteiger partial charge in [-0.15, -0.1) is 0 Å². The third-order valence-electron chi connectivity index (χ3n) is 3.47. The maximum absolute atomic E-state index is 8.84. The van der Waals surface area contributed by atoms with E-state index in [2.05, 4.69) is 27.3 Å². The average molecular weight is 247 g/mol. The lowest BCUT2D eigenvalue weighted by atomic mass is 10.0. The summed E-state index contributed by atoms with van der Waals surface area (Å²) in [6.45, 7) is 3.04. The molecule has 98 valence electrons. The molecule has 2 heterocycles. The molecule has 18 heavy (non-hydrogen) atoms. The number of aromatic nitrogens is 1. The monoisotopic (exact) mass is 247 g/mol. The van der Waals surface area contributed by atoms with E-state index in [4.69, 9.17) is 5.11 Å². The highest BCUT2D eigenvalue weighted by Crippen LogP contribution is 2.16. The first-order valence-corrected chi connectivity index (χ1v) is 6.82. The number of hydrogen-bond donors (Lipinski definition) is 2. The van der Waals surface area contributed by atoms with Crippen LogP contribution in [0, 0.1) is 0 Å². The fourth-order valence-corrected chi connectivity index (χ4v) is 2.50. The van der Waals surface area contributed by atoms with Gasteiger partial charge in [0, 0.05) is 25.7 Å². The van der Waals surface area contributed by atoms with Gasteiger partial charge in [-0.25, -0.2) is 4.98 Å². The predicted octanol–water partition coefficient (Wildman–Crippen LogP) is -0.719. The topological polar surface area (TPSA) is 48.4 Å². The maximum Gasteiger partial charge on any atom is 0.164 e. The number of nitrogens with zero attached hydrogens (tertiary/aromatic N) is 2. The van der Waals surface area contributed by atoms with E-state index in [0.29, 0.717) is 12.6 Å². The SMILES string of the molecule is Bc1cccc(N2CCCC(NCCO)CC2)n1. The van der Waals surface area contributed by atoms with Crippen molar-refractivity contribution in [3.8, 4) is 0 Å². The summed E-state index contributed by atoms with van der Waals surface area (Å²) >= 11 is 0. The Morgan fingerprint density at radius 2 is 2.28 bits per heavy atom. The standard InChI is InChI=1S/C13H22BN3O/c14-12-4-1-5-13(16-12)17-8-2-3-11(6-9-17)15-7-10-18/h1,4-5,11,15,18H,2-3,6-10,14H2. The van der Waals surface area contributed by atoms with Crippen LogP contribution in [0.15, 0.2) is 18.2 Å². The normalized spacial score (nSPS) is 20.7. The van der Waals surface area contributed by atoms with Crippen LogP contribution in [0.1, 0.15) is 19.3 Å². The molecule has 0 aromatic carbocycles. The van der Waals surface area contributed by atoms with Gasteiger partial charge in [-0.1, -0.05) is 12.1 Å². The predicted molar refractivity (Wildman–Crippen MR) is 77.4 cm³/mol. The van der Waals surface area contributed by atoms with Crippen molar-refractivity contribution in [3.63, 3.8) is 0 Å². The van der Waals surface area contributed by atoms with E-state index >= 15 is 0 Å². The van der Waals surface area contributed by atoms with Crippen LogP contribution in [-0.4, -0.2) is 50.2 Å². The van der Waals surface area contributed by atoms with Crippen LogP contribution in [0.25, 0.3) is 0 Å². The summed E-state index contributed by atoms with van der Waals surface area (Å²) in [5.41, 5.74) is 1.08. The van der Waals surface area contributed by atoms with Crippen molar-refractivity contribution in [1.82, 2.24) is 10.3 Å². The van der Waals surface area contributed by atoms with Crippen molar-refractivity contribution in [2.24, 2.45) is 0 Å². The Bertz CT molecular complexity index is 375. The molecule has 1 aromatic rings. The number of pyridine rings is 1. The minimum atomic E-state index is 0.222. The Kier molecular flexibility index (Phi) is 5.02. The number of aliphatic hydroxyl groups is 1. The third kappa shape index (κ3) is 3.72. The van der Waals surface area contributed by atoms with E-state index in [0.717, 1.165) is 30.9 Å². The molecule has 1 aromatic heterocycles. The first kappa shape index (κ1) is 13.4. The van der Waals surface area contributed by atoms with Crippen molar-refractivity contribution >= 4 is 19.3 Å². The van der Waals surface area contributed by atoms with Gasteiger partial charge in [0.05, 0.1) is 6.61 Å². The largest absolute Gasteiger partial charge is 0.395 e. The molecule has 1 saturated heterocycles. The Labute approximate surface area is 110 Å². The second kappa shape index (κ2) is 6.76. The molecule has 1 atom stereocenters. The van der Waals surface area contributed by atoms with Crippen molar-refractivity contribution in [1.29, 1.82) is 0 Å². The van der Waals surface area contributed by atoms with Gasteiger partial charge in [-0.05, 0) is 30.9 Å². The van der Waals surface area contributed by atoms with Crippen LogP contribution >= 0.6 is 0 Å². The Balaban J connectivity index is 1.92. The summed E-state index contributed by atoms with van der Waals surface area (Å²) in [4.78, 5) is 6.96. The van der Waals surface area contributed by atoms with Crippen LogP contribution in [0.5, 0.6) is 0 Å². The minimum Gasteiger partial charge on any atom is -0.395 e. The highest BCUT2D eigenvalue weighted by molar-refractivity contribution is 6.30. The molecule has 2 N–H and O–H groups in total. The lowest BCUT2D eigenvalue weighted by Gasteiger charge is -2.22. The Morgan fingerprint density at radius 1 is 1.39 bits per heavy atom. The molecule has 1 unspecified atom stereocenters. The van der Waals surface area contributed by atoms with Gasteiger partial charge in [0.15, 0.2) is 7.85 Å². The van der Waals surface area contributed by atoms with Crippen LogP contribution in [-0.2, 0) is 0 Å². The Morgan fingerprint density at radius 3 is 3.06 bits per heavy atom. The van der Waals surface area contributed by atoms with Crippen LogP contribution in [0.3, 0.4) is 0 Å². The van der Waals surface area contributed by atoms with Gasteiger partial charge in [0.2, 0.25) is 0 Å². The number of aliphatic hydroxyl groups excluding tert-OH is 1. The van der Waals surface area contributed by atoms with Crippen molar-refractivity contribution < 1.29 is 5.11 Å². The van der Waals surface area contributed by atoms with Crippen LogP contribution < -0.4 is 15.8 Å². The second-order valence-electron chi connectivity index (χ2n) is 4.93. The molecule has 0 radical (unpaired) electrons. The molecule has 0 bridgehead atoms. The van der Waals surface area contributed by atoms with E-state index in [1.54, 1.807) is 0 Å². The first-order chi connectivity index (χ1) is 8.79. The molecule has 1 aliphatic heterocycles. The van der Waals surface area contributed by atoms with Gasteiger partial charge < -0.3 is 15.3 Å². The fraction of sp³-hybridized carbons (Fsp3) is 0.615. The molecular weight excluding hydrogens is 225 g/mol. The molecule has 1 fully saturated rings. The van der Waals surface area contributed by atoms with Gasteiger partial charge in [0.1, 0.15) is 5.82 Å². The zero-order valence-electron chi connectivity index (χ0n) is 11.1. The third-order valence-corrected chi connectivity index (χ3v) is 3.47. The molecule has 0 aliphatic carbocycles. The summed E-state index contributed by atoms with van der Waals surface area (Å²) < 4.78 is 0. The second-order valence-corrected chi connectivity index (χ2v) is 4.93. The quantitative estimate of drug-likeness (QED) is 0.689. The van der Waals surface area contributed by atoms with Crippen molar-refractivity contribution in [2.75, 3.05) is 31.1 Å². The first-order valence-electron chi connectivity index (χ1n) is 6.82. The fourth-order valence-electron chi connectivity index (χ4n) is 2.50. The molecule has 2 rings (SSSR count). The molecule has 0 spiro atoms. The summed E-state index contributed by atoms with van der Waals surface area (Å²) in [6, 6.07) is 6.73. The highest BCUT2D eigenvalue weighted by atomic mass is 16.3. The summed E-state index contributed by atoms with van der Waals surface area (Å²) in [5, 5.41) is 12.2. The molecule has 1 aliphatic rings. The van der Waals surface area contributed by atoms with Gasteiger partial charge >= 0.3 is 0 Å². The number of anilines is 1. The Hall–Kier alpha value is -1.07. The molecule has 5 heteroatoms. The zero-order valence-corrected chi connectivity index (χ0v) is 11.1. The van der Waals surface area contributed by atoms with Gasteiger partial charge in [0.25, 0.3) is 0 Å². The van der Waals surface area contributed by atoms with E-state index in [9.17, 15) is 0 Å². The van der Waals surface area contributed by atoms with Gasteiger partial charge in [-0.2, -0.15) is 0 Å². The maximum atomic E-state index is 8.84. The van der Waals surface area contributed by atoms with E-state index in [1.807, 2.05) is 13.9 Å². The summed E-state index contributed by atoms with van der Waals surface area (Å²) in [6.07, 6.45) is 3.48. The minimum absolute atomic E-state index is 0.222. The van der Waals surface area contributed by atoms with Gasteiger partial charge in [-0.3, -0.25) is 0 Å². The summed E-state index contributed by atoms with van der Waals surface area (Å²) in [7, 11) is 2.03.